The quantitative estimate of drug-likeness (QED) is 0.845. The lowest BCUT2D eigenvalue weighted by atomic mass is 10.2. The van der Waals surface area contributed by atoms with E-state index in [-0.39, 0.29) is 0 Å². The van der Waals surface area contributed by atoms with E-state index in [9.17, 15) is 9.18 Å². The smallest absolute Gasteiger partial charge is 0.364 e. The Bertz CT molecular complexity index is 603. The van der Waals surface area contributed by atoms with Gasteiger partial charge in [0.2, 0.25) is 5.83 Å². The Morgan fingerprint density at radius 1 is 1.10 bits per heavy atom. The van der Waals surface area contributed by atoms with Gasteiger partial charge in [-0.3, -0.25) is 0 Å². The van der Waals surface area contributed by atoms with Gasteiger partial charge in [0.1, 0.15) is 12.4 Å². The minimum atomic E-state index is -1.57. The Morgan fingerprint density at radius 3 is 2.35 bits per heavy atom. The zero-order valence-electron chi connectivity index (χ0n) is 10.6. The van der Waals surface area contributed by atoms with Crippen LogP contribution in [0.2, 0.25) is 0 Å². The van der Waals surface area contributed by atoms with Gasteiger partial charge in [-0.1, -0.05) is 42.5 Å². The number of rotatable bonds is 5. The third-order valence-corrected chi connectivity index (χ3v) is 2.63. The first-order valence-corrected chi connectivity index (χ1v) is 6.02. The molecule has 4 heteroatoms. The van der Waals surface area contributed by atoms with Crippen LogP contribution in [0.3, 0.4) is 0 Å². The van der Waals surface area contributed by atoms with Gasteiger partial charge in [-0.2, -0.15) is 4.39 Å². The van der Waals surface area contributed by atoms with Gasteiger partial charge in [0.15, 0.2) is 0 Å². The topological polar surface area (TPSA) is 46.5 Å². The molecule has 102 valence electrons. The summed E-state index contributed by atoms with van der Waals surface area (Å²) in [6.45, 7) is 0.444. The van der Waals surface area contributed by atoms with Crippen LogP contribution in [0.15, 0.2) is 60.4 Å². The summed E-state index contributed by atoms with van der Waals surface area (Å²) in [6.07, 6.45) is 0.962. The van der Waals surface area contributed by atoms with Crippen LogP contribution < -0.4 is 4.74 Å². The van der Waals surface area contributed by atoms with Crippen LogP contribution in [0.4, 0.5) is 4.39 Å². The standard InChI is InChI=1S/C16H13FO3/c17-15(16(18)19)10-12-6-8-14(9-7-12)20-11-13-4-2-1-3-5-13/h1-10H,11H2,(H,18,19)/b15-10-. The fourth-order valence-corrected chi connectivity index (χ4v) is 1.61. The summed E-state index contributed by atoms with van der Waals surface area (Å²) in [5.41, 5.74) is 1.52. The van der Waals surface area contributed by atoms with Crippen LogP contribution >= 0.6 is 0 Å². The molecular formula is C16H13FO3. The molecule has 0 aliphatic rings. The maximum atomic E-state index is 12.9. The van der Waals surface area contributed by atoms with Gasteiger partial charge in [0, 0.05) is 0 Å². The van der Waals surface area contributed by atoms with Crippen molar-refractivity contribution in [2.24, 2.45) is 0 Å². The summed E-state index contributed by atoms with van der Waals surface area (Å²) in [4.78, 5) is 10.4. The van der Waals surface area contributed by atoms with Gasteiger partial charge in [-0.15, -0.1) is 0 Å². The SMILES string of the molecule is O=C(O)/C(F)=C/c1ccc(OCc2ccccc2)cc1. The molecule has 0 fully saturated rings. The van der Waals surface area contributed by atoms with E-state index < -0.39 is 11.8 Å². The molecule has 0 aromatic heterocycles. The number of hydrogen-bond donors (Lipinski definition) is 1. The highest BCUT2D eigenvalue weighted by molar-refractivity contribution is 5.89. The number of halogens is 1. The highest BCUT2D eigenvalue weighted by Gasteiger charge is 2.04. The number of hydrogen-bond acceptors (Lipinski definition) is 2. The molecule has 0 unspecified atom stereocenters. The molecule has 0 bridgehead atoms. The van der Waals surface area contributed by atoms with Gasteiger partial charge in [-0.25, -0.2) is 4.79 Å². The Morgan fingerprint density at radius 2 is 1.75 bits per heavy atom. The van der Waals surface area contributed by atoms with E-state index in [0.717, 1.165) is 11.6 Å². The molecule has 0 radical (unpaired) electrons. The normalized spacial score (nSPS) is 11.2. The molecule has 3 nitrogen and oxygen atoms in total. The second-order valence-electron chi connectivity index (χ2n) is 4.14. The summed E-state index contributed by atoms with van der Waals surface area (Å²) in [6, 6.07) is 16.3. The van der Waals surface area contributed by atoms with Crippen LogP contribution in [0.5, 0.6) is 5.75 Å². The van der Waals surface area contributed by atoms with E-state index >= 15 is 0 Å². The molecule has 2 rings (SSSR count). The number of carbonyl (C=O) groups is 1. The predicted molar refractivity (Wildman–Crippen MR) is 73.9 cm³/mol. The second-order valence-corrected chi connectivity index (χ2v) is 4.14. The van der Waals surface area contributed by atoms with Crippen molar-refractivity contribution in [2.75, 3.05) is 0 Å². The van der Waals surface area contributed by atoms with Crippen LogP contribution in [0, 0.1) is 0 Å². The minimum Gasteiger partial charge on any atom is -0.489 e. The van der Waals surface area contributed by atoms with Crippen molar-refractivity contribution in [3.05, 3.63) is 71.6 Å². The van der Waals surface area contributed by atoms with Crippen molar-refractivity contribution in [1.82, 2.24) is 0 Å². The van der Waals surface area contributed by atoms with E-state index in [1.54, 1.807) is 24.3 Å². The molecule has 0 aliphatic carbocycles. The first-order chi connectivity index (χ1) is 9.65. The molecule has 1 N–H and O–H groups in total. The summed E-state index contributed by atoms with van der Waals surface area (Å²) >= 11 is 0. The fraction of sp³-hybridized carbons (Fsp3) is 0.0625. The van der Waals surface area contributed by atoms with Crippen LogP contribution in [-0.4, -0.2) is 11.1 Å². The number of benzene rings is 2. The minimum absolute atomic E-state index is 0.444. The fourth-order valence-electron chi connectivity index (χ4n) is 1.61. The zero-order chi connectivity index (χ0) is 14.4. The molecule has 0 atom stereocenters. The molecule has 0 aliphatic heterocycles. The first-order valence-electron chi connectivity index (χ1n) is 6.02. The van der Waals surface area contributed by atoms with E-state index in [1.165, 1.54) is 0 Å². The van der Waals surface area contributed by atoms with Crippen molar-refractivity contribution in [2.45, 2.75) is 6.61 Å². The van der Waals surface area contributed by atoms with Gasteiger partial charge < -0.3 is 9.84 Å². The average molecular weight is 272 g/mol. The van der Waals surface area contributed by atoms with E-state index in [0.29, 0.717) is 17.9 Å². The molecule has 0 saturated heterocycles. The van der Waals surface area contributed by atoms with Gasteiger partial charge in [0.25, 0.3) is 0 Å². The molecule has 2 aromatic rings. The van der Waals surface area contributed by atoms with E-state index in [4.69, 9.17) is 9.84 Å². The first kappa shape index (κ1) is 13.8. The molecule has 0 heterocycles. The lowest BCUT2D eigenvalue weighted by Crippen LogP contribution is -1.95. The van der Waals surface area contributed by atoms with Gasteiger partial charge in [0.05, 0.1) is 0 Å². The number of aliphatic carboxylic acids is 1. The predicted octanol–water partition coefficient (Wildman–Crippen LogP) is 3.66. The molecule has 2 aromatic carbocycles. The maximum Gasteiger partial charge on any atom is 0.364 e. The third kappa shape index (κ3) is 3.95. The van der Waals surface area contributed by atoms with Crippen LogP contribution in [0.1, 0.15) is 11.1 Å². The van der Waals surface area contributed by atoms with Crippen molar-refractivity contribution in [3.63, 3.8) is 0 Å². The molecule has 20 heavy (non-hydrogen) atoms. The number of carboxylic acids is 1. The van der Waals surface area contributed by atoms with Gasteiger partial charge in [-0.05, 0) is 29.3 Å². The van der Waals surface area contributed by atoms with Crippen molar-refractivity contribution < 1.29 is 19.0 Å². The lowest BCUT2D eigenvalue weighted by Gasteiger charge is -2.06. The Labute approximate surface area is 115 Å². The van der Waals surface area contributed by atoms with Crippen LogP contribution in [-0.2, 0) is 11.4 Å². The largest absolute Gasteiger partial charge is 0.489 e. The second kappa shape index (κ2) is 6.52. The summed E-state index contributed by atoms with van der Waals surface area (Å²) in [5, 5.41) is 8.44. The molecule has 0 spiro atoms. The van der Waals surface area contributed by atoms with Crippen LogP contribution in [0.25, 0.3) is 6.08 Å². The average Bonchev–Trinajstić information content (AvgIpc) is 2.47. The molecule has 0 saturated carbocycles. The molecule has 0 amide bonds. The van der Waals surface area contributed by atoms with Crippen molar-refractivity contribution in [3.8, 4) is 5.75 Å². The van der Waals surface area contributed by atoms with Gasteiger partial charge >= 0.3 is 5.97 Å². The van der Waals surface area contributed by atoms with Crippen molar-refractivity contribution >= 4 is 12.0 Å². The Kier molecular flexibility index (Phi) is 4.50. The highest BCUT2D eigenvalue weighted by Crippen LogP contribution is 2.16. The summed E-state index contributed by atoms with van der Waals surface area (Å²) in [5.74, 6) is -2.13. The van der Waals surface area contributed by atoms with Crippen molar-refractivity contribution in [1.29, 1.82) is 0 Å². The van der Waals surface area contributed by atoms with E-state index in [1.807, 2.05) is 30.3 Å². The lowest BCUT2D eigenvalue weighted by molar-refractivity contribution is -0.134. The molecular weight excluding hydrogens is 259 g/mol. The summed E-state index contributed by atoms with van der Waals surface area (Å²) in [7, 11) is 0. The number of carboxylic acid groups (broad SMARTS) is 1. The highest BCUT2D eigenvalue weighted by atomic mass is 19.1. The Balaban J connectivity index is 1.98. The zero-order valence-corrected chi connectivity index (χ0v) is 10.6. The maximum absolute atomic E-state index is 12.9. The van der Waals surface area contributed by atoms with E-state index in [2.05, 4.69) is 0 Å². The Hall–Kier alpha value is -2.62. The monoisotopic (exact) mass is 272 g/mol. The number of ether oxygens (including phenoxy) is 1. The third-order valence-electron chi connectivity index (χ3n) is 2.63. The summed E-state index contributed by atoms with van der Waals surface area (Å²) < 4.78 is 18.5.